The van der Waals surface area contributed by atoms with Crippen molar-refractivity contribution in [3.8, 4) is 0 Å². The molecule has 8 bridgehead atoms. The van der Waals surface area contributed by atoms with E-state index in [-0.39, 0.29) is 22.8 Å². The summed E-state index contributed by atoms with van der Waals surface area (Å²) in [6, 6.07) is 0. The minimum atomic E-state index is -0.748. The highest BCUT2D eigenvalue weighted by atomic mass is 35.5. The van der Waals surface area contributed by atoms with Crippen LogP contribution in [0.1, 0.15) is 118 Å². The van der Waals surface area contributed by atoms with Crippen molar-refractivity contribution in [1.29, 1.82) is 0 Å². The normalized spacial score (nSPS) is 34.2. The van der Waals surface area contributed by atoms with Crippen molar-refractivity contribution in [3.05, 3.63) is 25.3 Å². The molecule has 8 rings (SSSR count). The van der Waals surface area contributed by atoms with Gasteiger partial charge in [0.2, 0.25) is 5.24 Å². The summed E-state index contributed by atoms with van der Waals surface area (Å²) in [4.78, 5) is 46.0. The molecule has 0 aliphatic heterocycles. The Hall–Kier alpha value is -2.19. The lowest BCUT2D eigenvalue weighted by molar-refractivity contribution is -0.174. The van der Waals surface area contributed by atoms with Crippen LogP contribution < -0.4 is 0 Å². The molecule has 9 heteroatoms. The molecule has 0 aromatic carbocycles. The fourth-order valence-electron chi connectivity index (χ4n) is 10.2. The summed E-state index contributed by atoms with van der Waals surface area (Å²) in [7, 11) is 0. The Labute approximate surface area is 286 Å². The van der Waals surface area contributed by atoms with Gasteiger partial charge in [-0.3, -0.25) is 14.4 Å². The molecule has 0 aromatic heterocycles. The topological polar surface area (TPSA) is 116 Å². The van der Waals surface area contributed by atoms with E-state index >= 15 is 0 Å². The van der Waals surface area contributed by atoms with Crippen molar-refractivity contribution >= 4 is 34.8 Å². The van der Waals surface area contributed by atoms with Crippen molar-refractivity contribution in [2.75, 3.05) is 13.2 Å². The molecule has 264 valence electrons. The second kappa shape index (κ2) is 15.1. The number of ether oxygens (including phenoxy) is 3. The number of esters is 3. The highest BCUT2D eigenvalue weighted by Gasteiger charge is 2.56. The summed E-state index contributed by atoms with van der Waals surface area (Å²) in [6.45, 7) is 14.3. The summed E-state index contributed by atoms with van der Waals surface area (Å²) in [5.74, 6) is 4.09. The molecule has 0 spiro atoms. The maximum absolute atomic E-state index is 12.7. The number of hydrogen-bond donors (Lipinski definition) is 1. The molecular weight excluding hydrogens is 620 g/mol. The summed E-state index contributed by atoms with van der Waals surface area (Å²) in [6.07, 6.45) is 17.4. The van der Waals surface area contributed by atoms with Crippen molar-refractivity contribution in [2.45, 2.75) is 129 Å². The van der Waals surface area contributed by atoms with E-state index in [4.69, 9.17) is 25.8 Å². The average Bonchev–Trinajstić information content (AvgIpc) is 2.95. The van der Waals surface area contributed by atoms with E-state index < -0.39 is 22.4 Å². The van der Waals surface area contributed by atoms with Crippen molar-refractivity contribution < 1.29 is 38.5 Å². The Morgan fingerprint density at radius 1 is 0.681 bits per heavy atom. The third-order valence-corrected chi connectivity index (χ3v) is 11.7. The molecule has 0 saturated heterocycles. The lowest BCUT2D eigenvalue weighted by Crippen LogP contribution is -2.50. The summed E-state index contributed by atoms with van der Waals surface area (Å²) in [5, 5.41) is 9.16. The largest absolute Gasteiger partial charge is 0.465 e. The summed E-state index contributed by atoms with van der Waals surface area (Å²) < 4.78 is 16.4. The highest BCUT2D eigenvalue weighted by Crippen LogP contribution is 2.61. The van der Waals surface area contributed by atoms with E-state index in [1.807, 2.05) is 13.8 Å². The van der Waals surface area contributed by atoms with Gasteiger partial charge in [0.15, 0.2) is 0 Å². The van der Waals surface area contributed by atoms with Crippen LogP contribution in [0.15, 0.2) is 25.3 Å². The molecule has 47 heavy (non-hydrogen) atoms. The first kappa shape index (κ1) is 37.6. The zero-order chi connectivity index (χ0) is 34.6. The number of rotatable bonds is 11. The van der Waals surface area contributed by atoms with Crippen LogP contribution in [-0.4, -0.2) is 52.7 Å². The van der Waals surface area contributed by atoms with Gasteiger partial charge in [0.25, 0.3) is 0 Å². The van der Waals surface area contributed by atoms with Crippen LogP contribution in [0.5, 0.6) is 0 Å². The number of allylic oxidation sites excluding steroid dienone is 1. The monoisotopic (exact) mass is 676 g/mol. The molecular formula is C38H57ClO8. The van der Waals surface area contributed by atoms with Gasteiger partial charge in [-0.2, -0.15) is 0 Å². The van der Waals surface area contributed by atoms with Gasteiger partial charge < -0.3 is 19.3 Å². The average molecular weight is 677 g/mol. The Balaban J connectivity index is 0.000000189. The number of carbonyl (C=O) groups excluding carboxylic acids is 4. The second-order valence-corrected chi connectivity index (χ2v) is 17.2. The molecule has 0 amide bonds. The molecule has 0 atom stereocenters. The first-order valence-electron chi connectivity index (χ1n) is 17.7. The molecule has 0 radical (unpaired) electrons. The first-order valence-corrected chi connectivity index (χ1v) is 18.1. The van der Waals surface area contributed by atoms with Gasteiger partial charge in [-0.15, -0.1) is 0 Å². The molecule has 8 saturated carbocycles. The predicted molar refractivity (Wildman–Crippen MR) is 180 cm³/mol. The Kier molecular flexibility index (Phi) is 12.1. The quantitative estimate of drug-likeness (QED) is 0.104. The Morgan fingerprint density at radius 2 is 1.00 bits per heavy atom. The van der Waals surface area contributed by atoms with Crippen LogP contribution in [-0.2, 0) is 33.4 Å². The van der Waals surface area contributed by atoms with Gasteiger partial charge in [-0.1, -0.05) is 13.2 Å². The van der Waals surface area contributed by atoms with Crippen molar-refractivity contribution in [3.63, 3.8) is 0 Å². The van der Waals surface area contributed by atoms with Gasteiger partial charge in [-0.25, -0.2) is 4.79 Å². The lowest BCUT2D eigenvalue weighted by Gasteiger charge is -2.55. The second-order valence-electron chi connectivity index (χ2n) is 16.9. The number of carbonyl (C=O) groups is 4. The fraction of sp³-hybridized carbons (Fsp3) is 0.789. The van der Waals surface area contributed by atoms with E-state index in [1.54, 1.807) is 13.8 Å². The summed E-state index contributed by atoms with van der Waals surface area (Å²) >= 11 is 4.71. The van der Waals surface area contributed by atoms with Gasteiger partial charge in [0.1, 0.15) is 5.60 Å². The predicted octanol–water partition coefficient (Wildman–Crippen LogP) is 7.49. The minimum Gasteiger partial charge on any atom is -0.465 e. The maximum atomic E-state index is 12.7. The van der Waals surface area contributed by atoms with Crippen LogP contribution in [0.2, 0.25) is 0 Å². The highest BCUT2D eigenvalue weighted by molar-refractivity contribution is 6.66. The minimum absolute atomic E-state index is 0.0116. The van der Waals surface area contributed by atoms with E-state index in [0.29, 0.717) is 26.1 Å². The fourth-order valence-corrected chi connectivity index (χ4v) is 10.2. The van der Waals surface area contributed by atoms with Crippen LogP contribution in [0.25, 0.3) is 0 Å². The van der Waals surface area contributed by atoms with E-state index in [0.717, 1.165) is 86.2 Å². The van der Waals surface area contributed by atoms with Gasteiger partial charge in [0.05, 0.1) is 29.6 Å². The molecule has 8 nitrogen and oxygen atoms in total. The number of aliphatic hydroxyl groups is 1. The zero-order valence-corrected chi connectivity index (χ0v) is 29.8. The van der Waals surface area contributed by atoms with Crippen LogP contribution in [0.3, 0.4) is 0 Å². The van der Waals surface area contributed by atoms with E-state index in [2.05, 4.69) is 13.2 Å². The lowest BCUT2D eigenvalue weighted by atomic mass is 9.49. The smallest absolute Gasteiger partial charge is 0.330 e. The van der Waals surface area contributed by atoms with Gasteiger partial charge >= 0.3 is 17.9 Å². The van der Waals surface area contributed by atoms with E-state index in [9.17, 15) is 24.3 Å². The van der Waals surface area contributed by atoms with Gasteiger partial charge in [-0.05, 0) is 158 Å². The third-order valence-electron chi connectivity index (χ3n) is 11.5. The van der Waals surface area contributed by atoms with Crippen molar-refractivity contribution in [1.82, 2.24) is 0 Å². The molecule has 1 N–H and O–H groups in total. The number of hydrogen-bond acceptors (Lipinski definition) is 8. The Morgan fingerprint density at radius 3 is 1.28 bits per heavy atom. The molecule has 0 aromatic rings. The third kappa shape index (κ3) is 10.2. The molecule has 0 heterocycles. The SMILES string of the molecule is C=CC(=O)Cl.C=CC(=O)OC(C)(C)CCOC(=O)C12CC3CC(CC(C3)C1)C2.CC(C)(O)CCOC(=O)C12CC3CC(CC(C3)C1)C2. The van der Waals surface area contributed by atoms with E-state index in [1.165, 1.54) is 38.5 Å². The molecule has 8 fully saturated rings. The molecule has 0 unspecified atom stereocenters. The zero-order valence-electron chi connectivity index (χ0n) is 29.0. The molecule has 8 aliphatic rings. The standard InChI is InChI=1S/C19H28O4.C16H26O3.C3H3ClO/c1-4-16(20)23-18(2,3)5-6-22-17(21)19-10-13-7-14(11-19)9-15(8-13)12-19;1-15(2,18)3-4-19-14(17)16-8-11-5-12(9-16)7-13(6-11)10-16;1-2-3(4)5/h4,13-15H,1,5-12H2,2-3H3;11-13,18H,3-10H2,1-2H3;2H,1H2. The molecule has 8 aliphatic carbocycles. The van der Waals surface area contributed by atoms with Gasteiger partial charge in [0, 0.05) is 18.9 Å². The maximum Gasteiger partial charge on any atom is 0.330 e. The van der Waals surface area contributed by atoms with Crippen molar-refractivity contribution in [2.24, 2.45) is 46.3 Å². The van der Waals surface area contributed by atoms with Crippen LogP contribution in [0, 0.1) is 46.3 Å². The number of halogens is 1. The van der Waals surface area contributed by atoms with Crippen LogP contribution in [0.4, 0.5) is 0 Å². The van der Waals surface area contributed by atoms with Crippen LogP contribution >= 0.6 is 11.6 Å². The first-order chi connectivity index (χ1) is 22.0. The Bertz CT molecular complexity index is 1110. The summed E-state index contributed by atoms with van der Waals surface area (Å²) in [5.41, 5.74) is -1.76.